The fraction of sp³-hybridized carbons (Fsp3) is 0. The Bertz CT molecular complexity index is 3270. The lowest BCUT2D eigenvalue weighted by Gasteiger charge is -2.29. The molecule has 0 atom stereocenters. The molecule has 0 aromatic heterocycles. The summed E-state index contributed by atoms with van der Waals surface area (Å²) in [5.41, 5.74) is 10.6. The topological polar surface area (TPSA) is 3.24 Å². The molecule has 0 amide bonds. The van der Waals surface area contributed by atoms with Crippen LogP contribution in [0.2, 0.25) is 0 Å². The second-order valence-corrected chi connectivity index (χ2v) is 14.9. The van der Waals surface area contributed by atoms with Gasteiger partial charge in [0.15, 0.2) is 0 Å². The number of fused-ring (bicyclic) bond motifs is 7. The van der Waals surface area contributed by atoms with Crippen LogP contribution in [0.4, 0.5) is 17.1 Å². The van der Waals surface area contributed by atoms with Crippen molar-refractivity contribution < 1.29 is 0 Å². The molecule has 0 saturated carbocycles. The van der Waals surface area contributed by atoms with Gasteiger partial charge in [0.05, 0.1) is 5.69 Å². The van der Waals surface area contributed by atoms with Crippen LogP contribution in [0, 0.1) is 0 Å². The van der Waals surface area contributed by atoms with E-state index < -0.39 is 0 Å². The van der Waals surface area contributed by atoms with Crippen LogP contribution in [0.1, 0.15) is 0 Å². The van der Waals surface area contributed by atoms with Gasteiger partial charge in [0.1, 0.15) is 0 Å². The summed E-state index contributed by atoms with van der Waals surface area (Å²) in [4.78, 5) is 2.46. The van der Waals surface area contributed by atoms with E-state index in [2.05, 4.69) is 229 Å². The summed E-state index contributed by atoms with van der Waals surface area (Å²) in [5.74, 6) is 0. The largest absolute Gasteiger partial charge is 0.310 e. The molecule has 0 aliphatic heterocycles. The van der Waals surface area contributed by atoms with E-state index in [-0.39, 0.29) is 0 Å². The zero-order chi connectivity index (χ0) is 37.7. The average molecular weight is 724 g/mol. The van der Waals surface area contributed by atoms with Crippen molar-refractivity contribution >= 4 is 70.9 Å². The molecule has 0 heterocycles. The maximum absolute atomic E-state index is 2.46. The summed E-state index contributed by atoms with van der Waals surface area (Å²) in [6, 6.07) is 82.1. The Kier molecular flexibility index (Phi) is 7.89. The van der Waals surface area contributed by atoms with E-state index in [4.69, 9.17) is 0 Å². The van der Waals surface area contributed by atoms with E-state index in [1.807, 2.05) is 0 Å². The Morgan fingerprint density at radius 1 is 0.246 bits per heavy atom. The molecule has 57 heavy (non-hydrogen) atoms. The SMILES string of the molecule is c1ccc(-c2ccc(N(c3cc(-c4cc5ccc6ccccc6c5c5ccccc45)c4ccccc4c3)c3ccc(-c4ccccc4)c4ccccc34)cc2)cc1. The maximum atomic E-state index is 2.46. The lowest BCUT2D eigenvalue weighted by atomic mass is 9.88. The molecule has 1 heteroatoms. The molecule has 0 fully saturated rings. The molecule has 0 spiro atoms. The van der Waals surface area contributed by atoms with Crippen molar-refractivity contribution in [3.05, 3.63) is 224 Å². The molecule has 0 aliphatic carbocycles. The highest BCUT2D eigenvalue weighted by atomic mass is 15.1. The van der Waals surface area contributed by atoms with Crippen LogP contribution in [0.5, 0.6) is 0 Å². The normalized spacial score (nSPS) is 11.5. The van der Waals surface area contributed by atoms with Crippen molar-refractivity contribution in [3.63, 3.8) is 0 Å². The molecule has 0 unspecified atom stereocenters. The average Bonchev–Trinajstić information content (AvgIpc) is 3.29. The lowest BCUT2D eigenvalue weighted by Crippen LogP contribution is -2.11. The van der Waals surface area contributed by atoms with Crippen molar-refractivity contribution in [3.8, 4) is 33.4 Å². The quantitative estimate of drug-likeness (QED) is 0.154. The first kappa shape index (κ1) is 32.9. The van der Waals surface area contributed by atoms with E-state index in [0.717, 1.165) is 17.1 Å². The van der Waals surface area contributed by atoms with Crippen molar-refractivity contribution in [1.82, 2.24) is 0 Å². The molecule has 11 aromatic rings. The van der Waals surface area contributed by atoms with E-state index >= 15 is 0 Å². The minimum Gasteiger partial charge on any atom is -0.310 e. The summed E-state index contributed by atoms with van der Waals surface area (Å²) in [5, 5.41) is 12.5. The Morgan fingerprint density at radius 2 is 0.772 bits per heavy atom. The molecule has 0 aliphatic rings. The summed E-state index contributed by atoms with van der Waals surface area (Å²) >= 11 is 0. The summed E-state index contributed by atoms with van der Waals surface area (Å²) in [7, 11) is 0. The predicted molar refractivity (Wildman–Crippen MR) is 245 cm³/mol. The van der Waals surface area contributed by atoms with Crippen LogP contribution in [0.3, 0.4) is 0 Å². The Hall–Kier alpha value is -7.48. The molecule has 0 bridgehead atoms. The zero-order valence-corrected chi connectivity index (χ0v) is 31.3. The third-order valence-corrected chi connectivity index (χ3v) is 11.6. The smallest absolute Gasteiger partial charge is 0.0540 e. The predicted octanol–water partition coefficient (Wildman–Crippen LogP) is 15.9. The maximum Gasteiger partial charge on any atom is 0.0540 e. The standard InChI is InChI=1S/C56H37N/c1-3-15-38(16-4-1)39-29-31-44(32-30-39)57(55-34-33-47(40-17-5-2-6-18-40)49-23-11-13-25-51(49)55)45-35-42-20-8-9-21-46(42)54(37-45)53-36-43-28-27-41-19-7-10-22-48(41)56(43)52-26-14-12-24-50(52)53/h1-37H. The van der Waals surface area contributed by atoms with E-state index in [1.165, 1.54) is 87.2 Å². The summed E-state index contributed by atoms with van der Waals surface area (Å²) < 4.78 is 0. The van der Waals surface area contributed by atoms with Crippen LogP contribution >= 0.6 is 0 Å². The van der Waals surface area contributed by atoms with Crippen LogP contribution in [-0.2, 0) is 0 Å². The molecule has 11 aromatic carbocycles. The van der Waals surface area contributed by atoms with Crippen molar-refractivity contribution in [2.75, 3.05) is 4.90 Å². The molecule has 0 N–H and O–H groups in total. The van der Waals surface area contributed by atoms with Gasteiger partial charge in [-0.05, 0) is 118 Å². The van der Waals surface area contributed by atoms with Crippen molar-refractivity contribution in [2.45, 2.75) is 0 Å². The van der Waals surface area contributed by atoms with Gasteiger partial charge in [0.25, 0.3) is 0 Å². The van der Waals surface area contributed by atoms with E-state index in [0.29, 0.717) is 0 Å². The lowest BCUT2D eigenvalue weighted by molar-refractivity contribution is 1.30. The van der Waals surface area contributed by atoms with Gasteiger partial charge in [-0.25, -0.2) is 0 Å². The van der Waals surface area contributed by atoms with Crippen LogP contribution in [-0.4, -0.2) is 0 Å². The van der Waals surface area contributed by atoms with E-state index in [1.54, 1.807) is 0 Å². The highest BCUT2D eigenvalue weighted by Crippen LogP contribution is 2.47. The fourth-order valence-electron chi connectivity index (χ4n) is 8.96. The Balaban J connectivity index is 1.19. The molecule has 266 valence electrons. The van der Waals surface area contributed by atoms with Crippen LogP contribution in [0.25, 0.3) is 87.2 Å². The minimum absolute atomic E-state index is 1.10. The monoisotopic (exact) mass is 723 g/mol. The highest BCUT2D eigenvalue weighted by molar-refractivity contribution is 6.24. The third kappa shape index (κ3) is 5.63. The third-order valence-electron chi connectivity index (χ3n) is 11.6. The van der Waals surface area contributed by atoms with Gasteiger partial charge in [0, 0.05) is 16.8 Å². The molecule has 11 rings (SSSR count). The van der Waals surface area contributed by atoms with Gasteiger partial charge in [0.2, 0.25) is 0 Å². The highest BCUT2D eigenvalue weighted by Gasteiger charge is 2.21. The molecule has 1 nitrogen and oxygen atoms in total. The number of nitrogens with zero attached hydrogens (tertiary/aromatic N) is 1. The number of benzene rings is 11. The number of hydrogen-bond donors (Lipinski definition) is 0. The summed E-state index contributed by atoms with van der Waals surface area (Å²) in [6.07, 6.45) is 0. The summed E-state index contributed by atoms with van der Waals surface area (Å²) in [6.45, 7) is 0. The van der Waals surface area contributed by atoms with Gasteiger partial charge in [-0.1, -0.05) is 188 Å². The number of hydrogen-bond acceptors (Lipinski definition) is 1. The second kappa shape index (κ2) is 13.7. The molecular weight excluding hydrogens is 687 g/mol. The minimum atomic E-state index is 1.10. The van der Waals surface area contributed by atoms with Gasteiger partial charge in [-0.3, -0.25) is 0 Å². The Morgan fingerprint density at radius 3 is 1.51 bits per heavy atom. The number of rotatable bonds is 6. The Labute approximate surface area is 332 Å². The van der Waals surface area contributed by atoms with Crippen LogP contribution < -0.4 is 4.90 Å². The van der Waals surface area contributed by atoms with E-state index in [9.17, 15) is 0 Å². The first-order valence-electron chi connectivity index (χ1n) is 19.7. The zero-order valence-electron chi connectivity index (χ0n) is 31.3. The van der Waals surface area contributed by atoms with Gasteiger partial charge >= 0.3 is 0 Å². The van der Waals surface area contributed by atoms with Gasteiger partial charge < -0.3 is 4.90 Å². The first-order valence-corrected chi connectivity index (χ1v) is 19.7. The molecular formula is C56H37N. The molecule has 0 radical (unpaired) electrons. The van der Waals surface area contributed by atoms with Crippen molar-refractivity contribution in [2.24, 2.45) is 0 Å². The van der Waals surface area contributed by atoms with Crippen LogP contribution in [0.15, 0.2) is 224 Å². The first-order chi connectivity index (χ1) is 28.3. The van der Waals surface area contributed by atoms with Crippen molar-refractivity contribution in [1.29, 1.82) is 0 Å². The van der Waals surface area contributed by atoms with Gasteiger partial charge in [-0.2, -0.15) is 0 Å². The fourth-order valence-corrected chi connectivity index (χ4v) is 8.96. The molecule has 0 saturated heterocycles. The number of anilines is 3. The van der Waals surface area contributed by atoms with Gasteiger partial charge in [-0.15, -0.1) is 0 Å². The second-order valence-electron chi connectivity index (χ2n) is 14.9.